The number of fused-ring (bicyclic) bond motifs is 2. The summed E-state index contributed by atoms with van der Waals surface area (Å²) in [5.41, 5.74) is 4.75. The first-order valence-corrected chi connectivity index (χ1v) is 9.02. The van der Waals surface area contributed by atoms with Crippen molar-refractivity contribution in [2.24, 2.45) is 0 Å². The lowest BCUT2D eigenvalue weighted by atomic mass is 9.95. The van der Waals surface area contributed by atoms with E-state index in [1.54, 1.807) is 6.20 Å². The largest absolute Gasteiger partial charge is 0.307 e. The molecule has 3 aromatic rings. The van der Waals surface area contributed by atoms with Gasteiger partial charge in [-0.2, -0.15) is 0 Å². The van der Waals surface area contributed by atoms with E-state index in [1.807, 2.05) is 43.3 Å². The third-order valence-electron chi connectivity index (χ3n) is 4.96. The van der Waals surface area contributed by atoms with Crippen LogP contribution >= 0.6 is 0 Å². The van der Waals surface area contributed by atoms with E-state index in [1.165, 1.54) is 0 Å². The maximum absolute atomic E-state index is 13.2. The highest BCUT2D eigenvalue weighted by atomic mass is 16.1. The smallest absolute Gasteiger partial charge is 0.257 e. The Hall–Kier alpha value is -2.79. The van der Waals surface area contributed by atoms with Crippen molar-refractivity contribution in [3.8, 4) is 0 Å². The maximum Gasteiger partial charge on any atom is 0.257 e. The van der Waals surface area contributed by atoms with Crippen molar-refractivity contribution < 1.29 is 4.79 Å². The molecule has 1 aliphatic heterocycles. The number of para-hydroxylation sites is 1. The molecule has 26 heavy (non-hydrogen) atoms. The van der Waals surface area contributed by atoms with Crippen LogP contribution in [-0.4, -0.2) is 33.9 Å². The quantitative estimate of drug-likeness (QED) is 0.788. The molecular formula is C21H22N4O. The van der Waals surface area contributed by atoms with Gasteiger partial charge in [0, 0.05) is 42.4 Å². The van der Waals surface area contributed by atoms with Gasteiger partial charge in [-0.25, -0.2) is 4.98 Å². The first-order valence-electron chi connectivity index (χ1n) is 9.02. The van der Waals surface area contributed by atoms with Crippen LogP contribution in [0.4, 0.5) is 5.82 Å². The third-order valence-corrected chi connectivity index (χ3v) is 4.96. The molecule has 1 aliphatic rings. The summed E-state index contributed by atoms with van der Waals surface area (Å²) in [5.74, 6) is 0.462. The van der Waals surface area contributed by atoms with Crippen LogP contribution in [0, 0.1) is 6.92 Å². The van der Waals surface area contributed by atoms with E-state index in [-0.39, 0.29) is 5.91 Å². The summed E-state index contributed by atoms with van der Waals surface area (Å²) < 4.78 is 0. The summed E-state index contributed by atoms with van der Waals surface area (Å²) in [6.45, 7) is 6.84. The van der Waals surface area contributed by atoms with Gasteiger partial charge in [-0.3, -0.25) is 14.7 Å². The number of anilines is 1. The van der Waals surface area contributed by atoms with Crippen LogP contribution in [0.2, 0.25) is 0 Å². The molecule has 0 aliphatic carbocycles. The molecule has 1 amide bonds. The molecule has 0 unspecified atom stereocenters. The van der Waals surface area contributed by atoms with E-state index in [0.717, 1.165) is 59.3 Å². The summed E-state index contributed by atoms with van der Waals surface area (Å²) in [7, 11) is 0. The van der Waals surface area contributed by atoms with Crippen molar-refractivity contribution in [1.82, 2.24) is 14.9 Å². The van der Waals surface area contributed by atoms with Crippen molar-refractivity contribution in [2.75, 3.05) is 18.4 Å². The number of hydrogen-bond donors (Lipinski definition) is 1. The van der Waals surface area contributed by atoms with Crippen LogP contribution in [0.5, 0.6) is 0 Å². The van der Waals surface area contributed by atoms with Gasteiger partial charge in [0.1, 0.15) is 5.82 Å². The average Bonchev–Trinajstić information content (AvgIpc) is 2.65. The highest BCUT2D eigenvalue weighted by Crippen LogP contribution is 2.28. The lowest BCUT2D eigenvalue weighted by molar-refractivity contribution is 0.102. The molecule has 0 bridgehead atoms. The van der Waals surface area contributed by atoms with E-state index in [0.29, 0.717) is 5.82 Å². The zero-order valence-electron chi connectivity index (χ0n) is 15.1. The summed E-state index contributed by atoms with van der Waals surface area (Å²) in [6.07, 6.45) is 2.58. The predicted molar refractivity (Wildman–Crippen MR) is 103 cm³/mol. The molecule has 1 N–H and O–H groups in total. The number of amides is 1. The Morgan fingerprint density at radius 1 is 1.27 bits per heavy atom. The van der Waals surface area contributed by atoms with Crippen LogP contribution in [0.25, 0.3) is 10.9 Å². The summed E-state index contributed by atoms with van der Waals surface area (Å²) in [6, 6.07) is 11.7. The molecule has 0 atom stereocenters. The van der Waals surface area contributed by atoms with Gasteiger partial charge < -0.3 is 5.32 Å². The standard InChI is InChI=1S/C21H22N4O/c1-3-25-11-9-18-16(13-25)20(15-6-4-5-7-17(15)23-18)21(26)24-19-12-14(2)8-10-22-19/h4-8,10,12H,3,9,11,13H2,1-2H3,(H,22,24,26). The van der Waals surface area contributed by atoms with Crippen molar-refractivity contribution in [1.29, 1.82) is 0 Å². The molecule has 5 nitrogen and oxygen atoms in total. The molecule has 0 spiro atoms. The minimum atomic E-state index is -0.115. The van der Waals surface area contributed by atoms with Gasteiger partial charge in [0.2, 0.25) is 0 Å². The Bertz CT molecular complexity index is 983. The monoisotopic (exact) mass is 346 g/mol. The van der Waals surface area contributed by atoms with Gasteiger partial charge >= 0.3 is 0 Å². The van der Waals surface area contributed by atoms with Gasteiger partial charge in [0.25, 0.3) is 5.91 Å². The Morgan fingerprint density at radius 2 is 2.12 bits per heavy atom. The Morgan fingerprint density at radius 3 is 2.92 bits per heavy atom. The molecule has 4 rings (SSSR count). The minimum Gasteiger partial charge on any atom is -0.307 e. The van der Waals surface area contributed by atoms with Crippen LogP contribution in [0.15, 0.2) is 42.6 Å². The molecule has 3 heterocycles. The lowest BCUT2D eigenvalue weighted by Crippen LogP contribution is -2.33. The third kappa shape index (κ3) is 3.06. The number of carbonyl (C=O) groups is 1. The Kier molecular flexibility index (Phi) is 4.39. The van der Waals surface area contributed by atoms with E-state index >= 15 is 0 Å². The number of hydrogen-bond acceptors (Lipinski definition) is 4. The molecule has 0 fully saturated rings. The van der Waals surface area contributed by atoms with E-state index < -0.39 is 0 Å². The second kappa shape index (κ2) is 6.84. The van der Waals surface area contributed by atoms with E-state index in [2.05, 4.69) is 22.1 Å². The fourth-order valence-corrected chi connectivity index (χ4v) is 3.56. The fraction of sp³-hybridized carbons (Fsp3) is 0.286. The number of pyridine rings is 2. The Labute approximate surface area is 153 Å². The number of nitrogens with one attached hydrogen (secondary N) is 1. The maximum atomic E-state index is 13.2. The van der Waals surface area contributed by atoms with E-state index in [4.69, 9.17) is 4.98 Å². The van der Waals surface area contributed by atoms with Crippen LogP contribution < -0.4 is 5.32 Å². The highest BCUT2D eigenvalue weighted by molar-refractivity contribution is 6.13. The molecule has 0 radical (unpaired) electrons. The zero-order chi connectivity index (χ0) is 18.1. The minimum absolute atomic E-state index is 0.115. The highest BCUT2D eigenvalue weighted by Gasteiger charge is 2.25. The zero-order valence-corrected chi connectivity index (χ0v) is 15.1. The fourth-order valence-electron chi connectivity index (χ4n) is 3.56. The normalized spacial score (nSPS) is 14.2. The van der Waals surface area contributed by atoms with Crippen LogP contribution in [0.1, 0.15) is 34.1 Å². The second-order valence-electron chi connectivity index (χ2n) is 6.72. The number of nitrogens with zero attached hydrogens (tertiary/aromatic N) is 3. The SMILES string of the molecule is CCN1CCc2nc3ccccc3c(C(=O)Nc3cc(C)ccn3)c2C1. The first kappa shape index (κ1) is 16.7. The summed E-state index contributed by atoms with van der Waals surface area (Å²) >= 11 is 0. The summed E-state index contributed by atoms with van der Waals surface area (Å²) in [4.78, 5) is 24.7. The molecule has 5 heteroatoms. The second-order valence-corrected chi connectivity index (χ2v) is 6.72. The number of benzene rings is 1. The summed E-state index contributed by atoms with van der Waals surface area (Å²) in [5, 5.41) is 3.88. The molecule has 132 valence electrons. The van der Waals surface area contributed by atoms with Crippen molar-refractivity contribution >= 4 is 22.6 Å². The van der Waals surface area contributed by atoms with Crippen molar-refractivity contribution in [2.45, 2.75) is 26.8 Å². The van der Waals surface area contributed by atoms with Gasteiger partial charge in [-0.15, -0.1) is 0 Å². The predicted octanol–water partition coefficient (Wildman–Crippen LogP) is 3.57. The van der Waals surface area contributed by atoms with Crippen molar-refractivity contribution in [3.05, 3.63) is 65.0 Å². The molecular weight excluding hydrogens is 324 g/mol. The van der Waals surface area contributed by atoms with Crippen LogP contribution in [-0.2, 0) is 13.0 Å². The first-order chi connectivity index (χ1) is 12.7. The number of carbonyl (C=O) groups excluding carboxylic acids is 1. The van der Waals surface area contributed by atoms with Gasteiger partial charge in [0.05, 0.1) is 11.1 Å². The molecule has 0 saturated carbocycles. The Balaban J connectivity index is 1.83. The number of likely N-dealkylation sites (N-methyl/N-ethyl adjacent to an activating group) is 1. The van der Waals surface area contributed by atoms with Gasteiger partial charge in [-0.05, 0) is 37.2 Å². The topological polar surface area (TPSA) is 58.1 Å². The van der Waals surface area contributed by atoms with Gasteiger partial charge in [0.15, 0.2) is 0 Å². The number of rotatable bonds is 3. The number of aromatic nitrogens is 2. The molecule has 1 aromatic carbocycles. The van der Waals surface area contributed by atoms with Crippen LogP contribution in [0.3, 0.4) is 0 Å². The number of aryl methyl sites for hydroxylation is 1. The van der Waals surface area contributed by atoms with E-state index in [9.17, 15) is 4.79 Å². The van der Waals surface area contributed by atoms with Crippen molar-refractivity contribution in [3.63, 3.8) is 0 Å². The molecule has 0 saturated heterocycles. The molecule has 2 aromatic heterocycles. The average molecular weight is 346 g/mol. The lowest BCUT2D eigenvalue weighted by Gasteiger charge is -2.29. The van der Waals surface area contributed by atoms with Gasteiger partial charge in [-0.1, -0.05) is 25.1 Å².